The summed E-state index contributed by atoms with van der Waals surface area (Å²) in [6, 6.07) is 7.21. The normalized spacial score (nSPS) is 12.2. The Hall–Kier alpha value is -2.88. The van der Waals surface area contributed by atoms with Gasteiger partial charge in [-0.05, 0) is 55.0 Å². The van der Waals surface area contributed by atoms with Crippen LogP contribution in [0, 0.1) is 12.7 Å². The number of hydrogen-bond acceptors (Lipinski definition) is 3. The number of alkyl halides is 3. The SMILES string of the molecule is Cc1cc(F)ccc1S(=O)(=O)Nc1cc(C(F)(F)F)ccc1-n1cccn1. The second-order valence-corrected chi connectivity index (χ2v) is 7.35. The van der Waals surface area contributed by atoms with Crippen LogP contribution in [0.5, 0.6) is 0 Å². The Morgan fingerprint density at radius 3 is 2.44 bits per heavy atom. The van der Waals surface area contributed by atoms with Crippen LogP contribution < -0.4 is 4.72 Å². The minimum absolute atomic E-state index is 0.108. The lowest BCUT2D eigenvalue weighted by Gasteiger charge is -2.16. The van der Waals surface area contributed by atoms with E-state index >= 15 is 0 Å². The summed E-state index contributed by atoms with van der Waals surface area (Å²) in [6.07, 6.45) is -1.79. The first-order valence-corrected chi connectivity index (χ1v) is 9.06. The van der Waals surface area contributed by atoms with Crippen LogP contribution in [-0.2, 0) is 16.2 Å². The van der Waals surface area contributed by atoms with Crippen molar-refractivity contribution in [2.45, 2.75) is 18.0 Å². The van der Waals surface area contributed by atoms with Gasteiger partial charge in [0.1, 0.15) is 5.82 Å². The first-order chi connectivity index (χ1) is 12.6. The molecule has 3 aromatic rings. The molecule has 0 saturated carbocycles. The smallest absolute Gasteiger partial charge is 0.277 e. The number of hydrogen-bond donors (Lipinski definition) is 1. The Balaban J connectivity index is 2.11. The predicted molar refractivity (Wildman–Crippen MR) is 90.5 cm³/mol. The number of aromatic nitrogens is 2. The second-order valence-electron chi connectivity index (χ2n) is 5.70. The van der Waals surface area contributed by atoms with Crippen molar-refractivity contribution in [2.75, 3.05) is 4.72 Å². The molecule has 5 nitrogen and oxygen atoms in total. The summed E-state index contributed by atoms with van der Waals surface area (Å²) < 4.78 is 81.2. The van der Waals surface area contributed by atoms with E-state index in [1.54, 1.807) is 6.07 Å². The first-order valence-electron chi connectivity index (χ1n) is 7.58. The van der Waals surface area contributed by atoms with Gasteiger partial charge in [0.25, 0.3) is 10.0 Å². The minimum atomic E-state index is -4.66. The summed E-state index contributed by atoms with van der Waals surface area (Å²) in [5.74, 6) is -0.622. The molecule has 0 bridgehead atoms. The Labute approximate surface area is 152 Å². The third-order valence-corrected chi connectivity index (χ3v) is 5.27. The van der Waals surface area contributed by atoms with Gasteiger partial charge in [0.15, 0.2) is 0 Å². The fourth-order valence-corrected chi connectivity index (χ4v) is 3.81. The number of benzene rings is 2. The summed E-state index contributed by atoms with van der Waals surface area (Å²) in [6.45, 7) is 1.39. The van der Waals surface area contributed by atoms with E-state index in [0.717, 1.165) is 30.3 Å². The van der Waals surface area contributed by atoms with Crippen LogP contribution in [0.1, 0.15) is 11.1 Å². The molecule has 27 heavy (non-hydrogen) atoms. The van der Waals surface area contributed by atoms with Gasteiger partial charge in [-0.2, -0.15) is 18.3 Å². The average Bonchev–Trinajstić information content (AvgIpc) is 3.07. The number of aryl methyl sites for hydroxylation is 1. The highest BCUT2D eigenvalue weighted by atomic mass is 32.2. The molecule has 0 aliphatic rings. The Bertz CT molecular complexity index is 1080. The van der Waals surface area contributed by atoms with Crippen molar-refractivity contribution in [3.63, 3.8) is 0 Å². The van der Waals surface area contributed by atoms with Gasteiger partial charge in [-0.3, -0.25) is 4.72 Å². The van der Waals surface area contributed by atoms with Crippen LogP contribution in [0.2, 0.25) is 0 Å². The van der Waals surface area contributed by atoms with Gasteiger partial charge < -0.3 is 0 Å². The zero-order valence-corrected chi connectivity index (χ0v) is 14.6. The summed E-state index contributed by atoms with van der Waals surface area (Å²) in [4.78, 5) is -0.243. The summed E-state index contributed by atoms with van der Waals surface area (Å²) in [5.41, 5.74) is -1.10. The zero-order valence-electron chi connectivity index (χ0n) is 13.8. The Morgan fingerprint density at radius 2 is 1.85 bits per heavy atom. The third kappa shape index (κ3) is 3.95. The van der Waals surface area contributed by atoms with Crippen molar-refractivity contribution in [2.24, 2.45) is 0 Å². The quantitative estimate of drug-likeness (QED) is 0.671. The maximum Gasteiger partial charge on any atom is 0.416 e. The van der Waals surface area contributed by atoms with Crippen LogP contribution in [-0.4, -0.2) is 18.2 Å². The van der Waals surface area contributed by atoms with E-state index in [-0.39, 0.29) is 21.8 Å². The van der Waals surface area contributed by atoms with E-state index in [2.05, 4.69) is 9.82 Å². The molecule has 1 heterocycles. The lowest BCUT2D eigenvalue weighted by molar-refractivity contribution is -0.137. The standard InChI is InChI=1S/C17H13F4N3O2S/c1-11-9-13(18)4-6-16(11)27(25,26)23-14-10-12(17(19,20)21)3-5-15(14)24-8-2-7-22-24/h2-10,23H,1H3. The third-order valence-electron chi connectivity index (χ3n) is 3.75. The molecule has 10 heteroatoms. The molecular weight excluding hydrogens is 386 g/mol. The Morgan fingerprint density at radius 1 is 1.11 bits per heavy atom. The highest BCUT2D eigenvalue weighted by Crippen LogP contribution is 2.34. The molecule has 0 spiro atoms. The number of nitrogens with one attached hydrogen (secondary N) is 1. The number of halogens is 4. The van der Waals surface area contributed by atoms with Crippen molar-refractivity contribution in [1.82, 2.24) is 9.78 Å². The molecule has 0 atom stereocenters. The van der Waals surface area contributed by atoms with E-state index in [4.69, 9.17) is 0 Å². The lowest BCUT2D eigenvalue weighted by Crippen LogP contribution is -2.17. The zero-order chi connectivity index (χ0) is 19.8. The van der Waals surface area contributed by atoms with Gasteiger partial charge in [-0.25, -0.2) is 17.5 Å². The van der Waals surface area contributed by atoms with E-state index < -0.39 is 27.6 Å². The summed E-state index contributed by atoms with van der Waals surface area (Å²) >= 11 is 0. The van der Waals surface area contributed by atoms with Crippen molar-refractivity contribution in [3.05, 3.63) is 71.8 Å². The molecule has 0 aliphatic carbocycles. The van der Waals surface area contributed by atoms with Crippen molar-refractivity contribution in [3.8, 4) is 5.69 Å². The molecule has 2 aromatic carbocycles. The van der Waals surface area contributed by atoms with E-state index in [1.807, 2.05) is 0 Å². The van der Waals surface area contributed by atoms with Crippen LogP contribution in [0.25, 0.3) is 5.69 Å². The van der Waals surface area contributed by atoms with Gasteiger partial charge in [0, 0.05) is 12.4 Å². The number of sulfonamides is 1. The summed E-state index contributed by atoms with van der Waals surface area (Å²) in [7, 11) is -4.26. The topological polar surface area (TPSA) is 64.0 Å². The van der Waals surface area contributed by atoms with Crippen molar-refractivity contribution in [1.29, 1.82) is 0 Å². The molecule has 0 fully saturated rings. The van der Waals surface area contributed by atoms with Crippen molar-refractivity contribution >= 4 is 15.7 Å². The molecule has 0 radical (unpaired) electrons. The van der Waals surface area contributed by atoms with Gasteiger partial charge in [-0.1, -0.05) is 0 Å². The molecule has 1 aromatic heterocycles. The van der Waals surface area contributed by atoms with E-state index in [0.29, 0.717) is 6.07 Å². The molecule has 0 amide bonds. The monoisotopic (exact) mass is 399 g/mol. The molecule has 0 aliphatic heterocycles. The summed E-state index contributed by atoms with van der Waals surface area (Å²) in [5, 5.41) is 3.92. The van der Waals surface area contributed by atoms with Gasteiger partial charge >= 0.3 is 6.18 Å². The maximum absolute atomic E-state index is 13.2. The molecule has 0 unspecified atom stereocenters. The highest BCUT2D eigenvalue weighted by Gasteiger charge is 2.32. The molecule has 142 valence electrons. The van der Waals surface area contributed by atoms with Crippen LogP contribution in [0.15, 0.2) is 59.8 Å². The second kappa shape index (κ2) is 6.69. The molecule has 3 rings (SSSR count). The van der Waals surface area contributed by atoms with E-state index in [1.165, 1.54) is 24.0 Å². The van der Waals surface area contributed by atoms with Gasteiger partial charge in [0.2, 0.25) is 0 Å². The molecule has 0 saturated heterocycles. The fraction of sp³-hybridized carbons (Fsp3) is 0.118. The minimum Gasteiger partial charge on any atom is -0.277 e. The van der Waals surface area contributed by atoms with Crippen LogP contribution >= 0.6 is 0 Å². The maximum atomic E-state index is 13.2. The lowest BCUT2D eigenvalue weighted by atomic mass is 10.1. The van der Waals surface area contributed by atoms with Crippen LogP contribution in [0.4, 0.5) is 23.2 Å². The number of nitrogens with zero attached hydrogens (tertiary/aromatic N) is 2. The number of rotatable bonds is 4. The number of anilines is 1. The van der Waals surface area contributed by atoms with Crippen molar-refractivity contribution < 1.29 is 26.0 Å². The molecular formula is C17H13F4N3O2S. The van der Waals surface area contributed by atoms with Gasteiger partial charge in [0.05, 0.1) is 21.8 Å². The predicted octanol–water partition coefficient (Wildman–Crippen LogP) is 4.14. The van der Waals surface area contributed by atoms with Crippen LogP contribution in [0.3, 0.4) is 0 Å². The van der Waals surface area contributed by atoms with E-state index in [9.17, 15) is 26.0 Å². The highest BCUT2D eigenvalue weighted by molar-refractivity contribution is 7.92. The largest absolute Gasteiger partial charge is 0.416 e. The Kier molecular flexibility index (Phi) is 4.68. The fourth-order valence-electron chi connectivity index (χ4n) is 2.52. The molecule has 1 N–H and O–H groups in total. The average molecular weight is 399 g/mol. The first kappa shape index (κ1) is 18.9. The van der Waals surface area contributed by atoms with Gasteiger partial charge in [-0.15, -0.1) is 0 Å².